The minimum atomic E-state index is -0.502. The standard InChI is InChI=1S/C29H40FN3O2/c1-17-13-19(30)14-24-26(17)31-32-33(24)16-25(34)23-8-7-21-20-6-5-18-15-27(2,35)11-12-28(18,3)22(20)9-10-29(21,23)4/h13-14,18,20-23,35H,5-12,15-16H2,1-4H3/t18-,20+,21+,22+,23-,27-,28+,29+/m1/s1. The predicted molar refractivity (Wildman–Crippen MR) is 133 cm³/mol. The Morgan fingerprint density at radius 3 is 2.63 bits per heavy atom. The van der Waals surface area contributed by atoms with Crippen molar-refractivity contribution in [2.24, 2.45) is 40.4 Å². The lowest BCUT2D eigenvalue weighted by atomic mass is 9.44. The van der Waals surface area contributed by atoms with Crippen LogP contribution < -0.4 is 0 Å². The molecule has 35 heavy (non-hydrogen) atoms. The number of halogens is 1. The number of Topliss-reactive ketones (excluding diaryl/α,β-unsaturated/α-hetero) is 1. The summed E-state index contributed by atoms with van der Waals surface area (Å²) in [4.78, 5) is 13.7. The van der Waals surface area contributed by atoms with E-state index in [0.717, 1.165) is 50.0 Å². The van der Waals surface area contributed by atoms with E-state index in [1.807, 2.05) is 13.8 Å². The van der Waals surface area contributed by atoms with Crippen molar-refractivity contribution in [3.8, 4) is 0 Å². The summed E-state index contributed by atoms with van der Waals surface area (Å²) in [5.74, 6) is 2.60. The summed E-state index contributed by atoms with van der Waals surface area (Å²) in [5.41, 5.74) is 1.90. The Bertz CT molecular complexity index is 1170. The summed E-state index contributed by atoms with van der Waals surface area (Å²) in [6.45, 7) is 8.93. The predicted octanol–water partition coefficient (Wildman–Crippen LogP) is 5.86. The number of carbonyl (C=O) groups excluding carboxylic acids is 1. The molecule has 0 amide bonds. The van der Waals surface area contributed by atoms with E-state index < -0.39 is 5.60 Å². The second-order valence-electron chi connectivity index (χ2n) is 13.3. The van der Waals surface area contributed by atoms with Crippen LogP contribution in [0.5, 0.6) is 0 Å². The molecule has 4 aliphatic rings. The number of rotatable bonds is 3. The van der Waals surface area contributed by atoms with Crippen LogP contribution in [-0.2, 0) is 11.3 Å². The number of carbonyl (C=O) groups is 1. The van der Waals surface area contributed by atoms with E-state index in [4.69, 9.17) is 0 Å². The first-order valence-electron chi connectivity index (χ1n) is 13.8. The van der Waals surface area contributed by atoms with Crippen LogP contribution in [0.3, 0.4) is 0 Å². The molecule has 5 nitrogen and oxygen atoms in total. The van der Waals surface area contributed by atoms with Crippen molar-refractivity contribution in [2.45, 2.75) is 97.6 Å². The highest BCUT2D eigenvalue weighted by Gasteiger charge is 2.61. The van der Waals surface area contributed by atoms with E-state index in [1.165, 1.54) is 31.4 Å². The first-order valence-corrected chi connectivity index (χ1v) is 13.8. The SMILES string of the molecule is Cc1cc(F)cc2c1nnn2CC(=O)[C@H]1CC[C@H]2[C@@H]3CC[C@@H]4C[C@](C)(O)CC[C@]4(C)[C@H]3CC[C@]12C. The maximum Gasteiger partial charge on any atom is 0.157 e. The minimum Gasteiger partial charge on any atom is -0.390 e. The van der Waals surface area contributed by atoms with Crippen molar-refractivity contribution in [3.05, 3.63) is 23.5 Å². The Kier molecular flexibility index (Phi) is 5.28. The average molecular weight is 482 g/mol. The third-order valence-corrected chi connectivity index (χ3v) is 11.4. The first kappa shape index (κ1) is 23.6. The Morgan fingerprint density at radius 2 is 1.83 bits per heavy atom. The lowest BCUT2D eigenvalue weighted by molar-refractivity contribution is -0.151. The van der Waals surface area contributed by atoms with Gasteiger partial charge in [0.1, 0.15) is 17.9 Å². The van der Waals surface area contributed by atoms with Crippen LogP contribution in [0.2, 0.25) is 0 Å². The van der Waals surface area contributed by atoms with Crippen molar-refractivity contribution in [1.29, 1.82) is 0 Å². The molecular formula is C29H40FN3O2. The molecular weight excluding hydrogens is 441 g/mol. The molecule has 4 fully saturated rings. The molecule has 4 saturated carbocycles. The fraction of sp³-hybridized carbons (Fsp3) is 0.759. The molecule has 0 unspecified atom stereocenters. The third kappa shape index (κ3) is 3.53. The van der Waals surface area contributed by atoms with Gasteiger partial charge in [-0.3, -0.25) is 4.79 Å². The highest BCUT2D eigenvalue weighted by atomic mass is 19.1. The summed E-state index contributed by atoms with van der Waals surface area (Å²) in [6, 6.07) is 2.91. The van der Waals surface area contributed by atoms with Crippen LogP contribution in [0.25, 0.3) is 11.0 Å². The largest absolute Gasteiger partial charge is 0.390 e. The van der Waals surface area contributed by atoms with Gasteiger partial charge in [0.05, 0.1) is 11.1 Å². The quantitative estimate of drug-likeness (QED) is 0.596. The van der Waals surface area contributed by atoms with Crippen molar-refractivity contribution in [2.75, 3.05) is 0 Å². The molecule has 0 bridgehead atoms. The van der Waals surface area contributed by atoms with Gasteiger partial charge in [-0.15, -0.1) is 5.10 Å². The zero-order chi connectivity index (χ0) is 24.8. The molecule has 1 heterocycles. The molecule has 0 aliphatic heterocycles. The number of aliphatic hydroxyl groups is 1. The zero-order valence-electron chi connectivity index (χ0n) is 21.7. The van der Waals surface area contributed by atoms with Gasteiger partial charge in [0.15, 0.2) is 5.78 Å². The van der Waals surface area contributed by atoms with E-state index in [0.29, 0.717) is 34.2 Å². The molecule has 8 atom stereocenters. The van der Waals surface area contributed by atoms with Crippen LogP contribution >= 0.6 is 0 Å². The monoisotopic (exact) mass is 481 g/mol. The summed E-state index contributed by atoms with van der Waals surface area (Å²) in [5, 5.41) is 19.2. The maximum absolute atomic E-state index is 14.1. The molecule has 0 saturated heterocycles. The maximum atomic E-state index is 14.1. The van der Waals surface area contributed by atoms with Gasteiger partial charge >= 0.3 is 0 Å². The van der Waals surface area contributed by atoms with E-state index >= 15 is 0 Å². The Labute approximate surface area is 207 Å². The number of aromatic nitrogens is 3. The second kappa shape index (κ2) is 7.84. The molecule has 6 heteroatoms. The number of hydrogen-bond acceptors (Lipinski definition) is 4. The molecule has 4 aliphatic carbocycles. The highest BCUT2D eigenvalue weighted by molar-refractivity contribution is 5.85. The smallest absolute Gasteiger partial charge is 0.157 e. The van der Waals surface area contributed by atoms with Gasteiger partial charge in [-0.2, -0.15) is 0 Å². The molecule has 1 aromatic carbocycles. The van der Waals surface area contributed by atoms with Crippen LogP contribution in [0.15, 0.2) is 12.1 Å². The van der Waals surface area contributed by atoms with Crippen LogP contribution in [-0.4, -0.2) is 31.5 Å². The number of aryl methyl sites for hydroxylation is 1. The zero-order valence-corrected chi connectivity index (χ0v) is 21.7. The van der Waals surface area contributed by atoms with Crippen molar-refractivity contribution < 1.29 is 14.3 Å². The lowest BCUT2D eigenvalue weighted by Crippen LogP contribution is -2.55. The van der Waals surface area contributed by atoms with Gasteiger partial charge in [0, 0.05) is 12.0 Å². The van der Waals surface area contributed by atoms with E-state index in [-0.39, 0.29) is 29.5 Å². The van der Waals surface area contributed by atoms with Gasteiger partial charge < -0.3 is 5.11 Å². The molecule has 0 spiro atoms. The number of hydrogen-bond donors (Lipinski definition) is 1. The Balaban J connectivity index is 1.22. The van der Waals surface area contributed by atoms with Gasteiger partial charge in [-0.25, -0.2) is 9.07 Å². The van der Waals surface area contributed by atoms with Gasteiger partial charge in [0.25, 0.3) is 0 Å². The summed E-state index contributed by atoms with van der Waals surface area (Å²) >= 11 is 0. The average Bonchev–Trinajstić information content (AvgIpc) is 3.35. The number of nitrogens with zero attached hydrogens (tertiary/aromatic N) is 3. The topological polar surface area (TPSA) is 68.0 Å². The van der Waals surface area contributed by atoms with Crippen molar-refractivity contribution in [1.82, 2.24) is 15.0 Å². The summed E-state index contributed by atoms with van der Waals surface area (Å²) in [6.07, 6.45) is 9.86. The van der Waals surface area contributed by atoms with E-state index in [1.54, 1.807) is 4.68 Å². The normalized spacial score (nSPS) is 43.0. The van der Waals surface area contributed by atoms with Crippen molar-refractivity contribution >= 4 is 16.8 Å². The lowest BCUT2D eigenvalue weighted by Gasteiger charge is -2.61. The molecule has 0 radical (unpaired) electrons. The highest BCUT2D eigenvalue weighted by Crippen LogP contribution is 2.68. The number of ketones is 1. The molecule has 190 valence electrons. The second-order valence-corrected chi connectivity index (χ2v) is 13.3. The molecule has 1 N–H and O–H groups in total. The fourth-order valence-corrected chi connectivity index (χ4v) is 9.53. The number of benzene rings is 1. The summed E-state index contributed by atoms with van der Waals surface area (Å²) in [7, 11) is 0. The van der Waals surface area contributed by atoms with E-state index in [9.17, 15) is 14.3 Å². The molecule has 1 aromatic heterocycles. The fourth-order valence-electron chi connectivity index (χ4n) is 9.53. The van der Waals surface area contributed by atoms with Gasteiger partial charge in [-0.05, 0) is 118 Å². The molecule has 6 rings (SSSR count). The summed E-state index contributed by atoms with van der Waals surface area (Å²) < 4.78 is 15.7. The Hall–Kier alpha value is -1.82. The minimum absolute atomic E-state index is 0.0408. The van der Waals surface area contributed by atoms with Gasteiger partial charge in [0.2, 0.25) is 0 Å². The Morgan fingerprint density at radius 1 is 1.06 bits per heavy atom. The van der Waals surface area contributed by atoms with Crippen LogP contribution in [0.4, 0.5) is 4.39 Å². The van der Waals surface area contributed by atoms with E-state index in [2.05, 4.69) is 24.2 Å². The van der Waals surface area contributed by atoms with Crippen molar-refractivity contribution in [3.63, 3.8) is 0 Å². The third-order valence-electron chi connectivity index (χ3n) is 11.4. The van der Waals surface area contributed by atoms with Crippen LogP contribution in [0, 0.1) is 53.2 Å². The number of fused-ring (bicyclic) bond motifs is 6. The van der Waals surface area contributed by atoms with Crippen LogP contribution in [0.1, 0.15) is 84.1 Å². The molecule has 2 aromatic rings. The first-order chi connectivity index (χ1) is 16.5. The van der Waals surface area contributed by atoms with Gasteiger partial charge in [-0.1, -0.05) is 19.1 Å².